The van der Waals surface area contributed by atoms with E-state index in [1.807, 2.05) is 6.92 Å². The summed E-state index contributed by atoms with van der Waals surface area (Å²) in [7, 11) is 0. The predicted molar refractivity (Wildman–Crippen MR) is 121 cm³/mol. The van der Waals surface area contributed by atoms with Gasteiger partial charge in [-0.3, -0.25) is 9.59 Å². The van der Waals surface area contributed by atoms with Crippen molar-refractivity contribution in [3.8, 4) is 0 Å². The van der Waals surface area contributed by atoms with Crippen molar-refractivity contribution in [1.29, 1.82) is 0 Å². The van der Waals surface area contributed by atoms with Crippen LogP contribution in [-0.2, 0) is 19.1 Å². The van der Waals surface area contributed by atoms with E-state index < -0.39 is 0 Å². The van der Waals surface area contributed by atoms with Gasteiger partial charge in [0.15, 0.2) is 0 Å². The summed E-state index contributed by atoms with van der Waals surface area (Å²) in [5.74, 6) is 0.889. The van der Waals surface area contributed by atoms with E-state index in [0.29, 0.717) is 55.1 Å². The van der Waals surface area contributed by atoms with Crippen LogP contribution in [0.4, 0.5) is 0 Å². The SMILES string of the molecule is CC(CCC(=O)OCCC(C)CC(C)(C)C)CC(=O)OCCC(C)CC(C)(C)C. The van der Waals surface area contributed by atoms with Crippen molar-refractivity contribution in [3.63, 3.8) is 0 Å². The summed E-state index contributed by atoms with van der Waals surface area (Å²) in [5, 5.41) is 0. The summed E-state index contributed by atoms with van der Waals surface area (Å²) in [6, 6.07) is 0. The van der Waals surface area contributed by atoms with Crippen molar-refractivity contribution in [3.05, 3.63) is 0 Å². The summed E-state index contributed by atoms with van der Waals surface area (Å²) < 4.78 is 10.7. The van der Waals surface area contributed by atoms with Gasteiger partial charge in [-0.05, 0) is 60.7 Å². The van der Waals surface area contributed by atoms with Crippen LogP contribution in [-0.4, -0.2) is 25.2 Å². The van der Waals surface area contributed by atoms with E-state index in [0.717, 1.165) is 25.7 Å². The molecule has 3 unspecified atom stereocenters. The molecule has 3 atom stereocenters. The highest BCUT2D eigenvalue weighted by Gasteiger charge is 2.18. The van der Waals surface area contributed by atoms with Crippen LogP contribution in [0.1, 0.15) is 107 Å². The fraction of sp³-hybridized carbons (Fsp3) is 0.920. The number of ether oxygens (including phenoxy) is 2. The first-order valence-electron chi connectivity index (χ1n) is 11.5. The topological polar surface area (TPSA) is 52.6 Å². The standard InChI is InChI=1S/C25H48O4/c1-19(16-23(27)29-15-13-21(3)18-25(7,8)9)10-11-22(26)28-14-12-20(2)17-24(4,5)6/h19-21H,10-18H2,1-9H3. The normalized spacial score (nSPS) is 15.5. The molecule has 0 rings (SSSR count). The van der Waals surface area contributed by atoms with Crippen LogP contribution in [0, 0.1) is 28.6 Å². The summed E-state index contributed by atoms with van der Waals surface area (Å²) in [6.45, 7) is 20.8. The summed E-state index contributed by atoms with van der Waals surface area (Å²) >= 11 is 0. The Hall–Kier alpha value is -1.06. The lowest BCUT2D eigenvalue weighted by atomic mass is 9.84. The second-order valence-corrected chi connectivity index (χ2v) is 11.6. The zero-order chi connectivity index (χ0) is 22.7. The van der Waals surface area contributed by atoms with Gasteiger partial charge in [-0.25, -0.2) is 0 Å². The Bertz CT molecular complexity index is 470. The van der Waals surface area contributed by atoms with E-state index in [1.54, 1.807) is 0 Å². The van der Waals surface area contributed by atoms with Crippen molar-refractivity contribution >= 4 is 11.9 Å². The Morgan fingerprint density at radius 1 is 0.655 bits per heavy atom. The molecule has 0 saturated carbocycles. The van der Waals surface area contributed by atoms with E-state index in [9.17, 15) is 9.59 Å². The molecule has 0 N–H and O–H groups in total. The number of rotatable bonds is 13. The lowest BCUT2D eigenvalue weighted by Crippen LogP contribution is -2.16. The van der Waals surface area contributed by atoms with Gasteiger partial charge in [0.1, 0.15) is 0 Å². The van der Waals surface area contributed by atoms with Crippen molar-refractivity contribution in [1.82, 2.24) is 0 Å². The lowest BCUT2D eigenvalue weighted by Gasteiger charge is -2.23. The van der Waals surface area contributed by atoms with Crippen LogP contribution in [0.5, 0.6) is 0 Å². The maximum absolute atomic E-state index is 12.0. The molecule has 0 heterocycles. The van der Waals surface area contributed by atoms with Crippen LogP contribution < -0.4 is 0 Å². The van der Waals surface area contributed by atoms with Gasteiger partial charge in [0.05, 0.1) is 13.2 Å². The van der Waals surface area contributed by atoms with Crippen molar-refractivity contribution < 1.29 is 19.1 Å². The Balaban J connectivity index is 3.87. The third-order valence-electron chi connectivity index (χ3n) is 5.03. The van der Waals surface area contributed by atoms with Crippen molar-refractivity contribution in [2.75, 3.05) is 13.2 Å². The molecule has 0 aromatic rings. The second-order valence-electron chi connectivity index (χ2n) is 11.6. The van der Waals surface area contributed by atoms with Gasteiger partial charge in [0.2, 0.25) is 0 Å². The minimum absolute atomic E-state index is 0.127. The molecule has 0 spiro atoms. The van der Waals surface area contributed by atoms with E-state index in [4.69, 9.17) is 9.47 Å². The molecular formula is C25H48O4. The first kappa shape index (κ1) is 27.9. The number of carbonyl (C=O) groups excluding carboxylic acids is 2. The van der Waals surface area contributed by atoms with Gasteiger partial charge in [-0.1, -0.05) is 62.3 Å². The van der Waals surface area contributed by atoms with Gasteiger partial charge < -0.3 is 9.47 Å². The Kier molecular flexibility index (Phi) is 12.8. The van der Waals surface area contributed by atoms with E-state index >= 15 is 0 Å². The smallest absolute Gasteiger partial charge is 0.306 e. The van der Waals surface area contributed by atoms with E-state index in [-0.39, 0.29) is 17.9 Å². The maximum Gasteiger partial charge on any atom is 0.306 e. The van der Waals surface area contributed by atoms with E-state index in [2.05, 4.69) is 55.4 Å². The van der Waals surface area contributed by atoms with Crippen molar-refractivity contribution in [2.24, 2.45) is 28.6 Å². The molecule has 0 fully saturated rings. The van der Waals surface area contributed by atoms with Crippen LogP contribution in [0.25, 0.3) is 0 Å². The molecule has 4 heteroatoms. The highest BCUT2D eigenvalue weighted by atomic mass is 16.5. The molecule has 0 bridgehead atoms. The molecule has 0 aliphatic carbocycles. The summed E-state index contributed by atoms with van der Waals surface area (Å²) in [5.41, 5.74) is 0.606. The number of carbonyl (C=O) groups is 2. The van der Waals surface area contributed by atoms with Crippen LogP contribution in [0.3, 0.4) is 0 Å². The first-order chi connectivity index (χ1) is 13.2. The van der Waals surface area contributed by atoms with Gasteiger partial charge >= 0.3 is 11.9 Å². The lowest BCUT2D eigenvalue weighted by molar-refractivity contribution is -0.147. The molecule has 0 aliphatic rings. The molecule has 0 amide bonds. The van der Waals surface area contributed by atoms with Crippen molar-refractivity contribution in [2.45, 2.75) is 107 Å². The zero-order valence-corrected chi connectivity index (χ0v) is 20.7. The average Bonchev–Trinajstić information content (AvgIpc) is 2.49. The monoisotopic (exact) mass is 412 g/mol. The third-order valence-corrected chi connectivity index (χ3v) is 5.03. The summed E-state index contributed by atoms with van der Waals surface area (Å²) in [4.78, 5) is 23.9. The fourth-order valence-electron chi connectivity index (χ4n) is 3.92. The third kappa shape index (κ3) is 18.7. The molecule has 0 radical (unpaired) electrons. The number of esters is 2. The minimum Gasteiger partial charge on any atom is -0.466 e. The maximum atomic E-state index is 12.0. The number of hydrogen-bond donors (Lipinski definition) is 0. The second kappa shape index (κ2) is 13.3. The molecular weight excluding hydrogens is 364 g/mol. The van der Waals surface area contributed by atoms with E-state index in [1.165, 1.54) is 0 Å². The van der Waals surface area contributed by atoms with Gasteiger partial charge in [-0.15, -0.1) is 0 Å². The fourth-order valence-corrected chi connectivity index (χ4v) is 3.92. The Labute approximate surface area is 180 Å². The zero-order valence-electron chi connectivity index (χ0n) is 20.7. The molecule has 0 aromatic heterocycles. The predicted octanol–water partition coefficient (Wildman–Crippen LogP) is 6.80. The van der Waals surface area contributed by atoms with Gasteiger partial charge in [-0.2, -0.15) is 0 Å². The van der Waals surface area contributed by atoms with Gasteiger partial charge in [0, 0.05) is 12.8 Å². The molecule has 4 nitrogen and oxygen atoms in total. The Morgan fingerprint density at radius 2 is 1.07 bits per heavy atom. The number of hydrogen-bond acceptors (Lipinski definition) is 4. The average molecular weight is 413 g/mol. The molecule has 0 aromatic carbocycles. The quantitative estimate of drug-likeness (QED) is 0.312. The van der Waals surface area contributed by atoms with Gasteiger partial charge in [0.25, 0.3) is 0 Å². The first-order valence-corrected chi connectivity index (χ1v) is 11.5. The molecule has 0 aliphatic heterocycles. The highest BCUT2D eigenvalue weighted by Crippen LogP contribution is 2.26. The largest absolute Gasteiger partial charge is 0.466 e. The molecule has 172 valence electrons. The molecule has 0 saturated heterocycles. The Morgan fingerprint density at radius 3 is 1.48 bits per heavy atom. The highest BCUT2D eigenvalue weighted by molar-refractivity contribution is 5.70. The molecule has 29 heavy (non-hydrogen) atoms. The van der Waals surface area contributed by atoms with Crippen LogP contribution >= 0.6 is 0 Å². The minimum atomic E-state index is -0.163. The van der Waals surface area contributed by atoms with Crippen LogP contribution in [0.2, 0.25) is 0 Å². The van der Waals surface area contributed by atoms with Crippen LogP contribution in [0.15, 0.2) is 0 Å². The summed E-state index contributed by atoms with van der Waals surface area (Å²) in [6.07, 6.45) is 5.44.